The molecule has 2 aliphatic heterocycles. The summed E-state index contributed by atoms with van der Waals surface area (Å²) in [6, 6.07) is 20.6. The van der Waals surface area contributed by atoms with Crippen LogP contribution in [0.1, 0.15) is 43.1 Å². The van der Waals surface area contributed by atoms with Gasteiger partial charge in [-0.25, -0.2) is 0 Å². The van der Waals surface area contributed by atoms with Crippen molar-refractivity contribution in [3.8, 4) is 23.0 Å². The Balaban J connectivity index is 1.40. The molecule has 2 heterocycles. The molecule has 0 saturated carbocycles. The van der Waals surface area contributed by atoms with Crippen molar-refractivity contribution in [2.24, 2.45) is 5.92 Å². The third-order valence-electron chi connectivity index (χ3n) is 7.39. The van der Waals surface area contributed by atoms with Crippen LogP contribution in [-0.4, -0.2) is 54.6 Å². The highest BCUT2D eigenvalue weighted by Crippen LogP contribution is 2.47. The van der Waals surface area contributed by atoms with Crippen LogP contribution in [-0.2, 0) is 4.74 Å². The molecule has 0 radical (unpaired) electrons. The average Bonchev–Trinajstić information content (AvgIpc) is 3.33. The van der Waals surface area contributed by atoms with E-state index in [2.05, 4.69) is 11.8 Å². The van der Waals surface area contributed by atoms with E-state index in [1.807, 2.05) is 43.3 Å². The van der Waals surface area contributed by atoms with Crippen LogP contribution in [0.15, 0.2) is 66.7 Å². The van der Waals surface area contributed by atoms with Gasteiger partial charge in [0, 0.05) is 24.8 Å². The van der Waals surface area contributed by atoms with Crippen molar-refractivity contribution in [3.63, 3.8) is 0 Å². The molecule has 194 valence electrons. The molecule has 2 aliphatic rings. The number of fused-ring (bicyclic) bond motifs is 1. The fourth-order valence-electron chi connectivity index (χ4n) is 5.40. The van der Waals surface area contributed by atoms with Crippen LogP contribution in [0.5, 0.6) is 23.0 Å². The van der Waals surface area contributed by atoms with Gasteiger partial charge in [0.25, 0.3) is 0 Å². The maximum atomic E-state index is 10.2. The normalized spacial score (nSPS) is 20.4. The Morgan fingerprint density at radius 2 is 1.78 bits per heavy atom. The van der Waals surface area contributed by atoms with Gasteiger partial charge < -0.3 is 24.4 Å². The second-order valence-corrected chi connectivity index (χ2v) is 10.1. The fourth-order valence-corrected chi connectivity index (χ4v) is 5.40. The van der Waals surface area contributed by atoms with Gasteiger partial charge in [-0.15, -0.1) is 0 Å². The van der Waals surface area contributed by atoms with Crippen LogP contribution in [0.4, 0.5) is 0 Å². The molecule has 1 unspecified atom stereocenters. The zero-order chi connectivity index (χ0) is 25.9. The molecule has 0 aliphatic carbocycles. The Bertz CT molecular complexity index is 1270. The van der Waals surface area contributed by atoms with Gasteiger partial charge in [-0.3, -0.25) is 4.90 Å². The standard InChI is InChI=1S/C31H35NO5/c1-20-13-14-32(17-20)24(18-35-3)19-36-27-10-7-22(8-11-27)31-30(23-5-4-6-25(33)15-23)21(2)28-16-26(34)9-12-29(28)37-31/h4-12,15-16,20,24,31,33-34H,13-14,17-19H2,1-3H3/t20-,24-,31?/m1/s1. The molecule has 1 fully saturated rings. The molecule has 0 aromatic heterocycles. The molecule has 1 saturated heterocycles. The molecular formula is C31H35NO5. The van der Waals surface area contributed by atoms with Crippen LogP contribution < -0.4 is 9.47 Å². The van der Waals surface area contributed by atoms with E-state index < -0.39 is 0 Å². The van der Waals surface area contributed by atoms with Crippen molar-refractivity contribution in [3.05, 3.63) is 83.4 Å². The Kier molecular flexibility index (Phi) is 7.40. The van der Waals surface area contributed by atoms with Crippen molar-refractivity contribution in [1.29, 1.82) is 0 Å². The molecule has 6 heteroatoms. The molecule has 3 aromatic rings. The number of hydrogen-bond donors (Lipinski definition) is 2. The zero-order valence-corrected chi connectivity index (χ0v) is 21.7. The lowest BCUT2D eigenvalue weighted by Gasteiger charge is -2.31. The van der Waals surface area contributed by atoms with Gasteiger partial charge in [-0.05, 0) is 85.0 Å². The highest BCUT2D eigenvalue weighted by Gasteiger charge is 2.30. The summed E-state index contributed by atoms with van der Waals surface area (Å²) in [5.41, 5.74) is 4.64. The first kappa shape index (κ1) is 25.2. The van der Waals surface area contributed by atoms with Crippen molar-refractivity contribution in [2.45, 2.75) is 32.4 Å². The third kappa shape index (κ3) is 5.45. The van der Waals surface area contributed by atoms with E-state index in [4.69, 9.17) is 14.2 Å². The number of methoxy groups -OCH3 is 1. The molecule has 5 rings (SSSR count). The molecule has 0 spiro atoms. The topological polar surface area (TPSA) is 71.4 Å². The first-order chi connectivity index (χ1) is 17.9. The molecular weight excluding hydrogens is 466 g/mol. The number of phenolic OH excluding ortho intramolecular Hbond substituents is 2. The summed E-state index contributed by atoms with van der Waals surface area (Å²) in [6.07, 6.45) is 0.841. The number of aromatic hydroxyl groups is 2. The van der Waals surface area contributed by atoms with Crippen LogP contribution in [0.25, 0.3) is 11.1 Å². The van der Waals surface area contributed by atoms with E-state index in [1.165, 1.54) is 6.42 Å². The van der Waals surface area contributed by atoms with Crippen LogP contribution in [0.3, 0.4) is 0 Å². The lowest BCUT2D eigenvalue weighted by atomic mass is 9.86. The van der Waals surface area contributed by atoms with Gasteiger partial charge in [-0.2, -0.15) is 0 Å². The zero-order valence-electron chi connectivity index (χ0n) is 21.7. The Morgan fingerprint density at radius 3 is 2.49 bits per heavy atom. The minimum Gasteiger partial charge on any atom is -0.508 e. The average molecular weight is 502 g/mol. The molecule has 3 atom stereocenters. The van der Waals surface area contributed by atoms with Crippen molar-refractivity contribution in [2.75, 3.05) is 33.4 Å². The highest BCUT2D eigenvalue weighted by molar-refractivity contribution is 5.95. The summed E-state index contributed by atoms with van der Waals surface area (Å²) in [6.45, 7) is 7.70. The Morgan fingerprint density at radius 1 is 1.00 bits per heavy atom. The highest BCUT2D eigenvalue weighted by atomic mass is 16.5. The third-order valence-corrected chi connectivity index (χ3v) is 7.39. The molecule has 2 N–H and O–H groups in total. The first-order valence-electron chi connectivity index (χ1n) is 12.9. The molecule has 37 heavy (non-hydrogen) atoms. The lowest BCUT2D eigenvalue weighted by molar-refractivity contribution is 0.0711. The van der Waals surface area contributed by atoms with Gasteiger partial charge in [0.2, 0.25) is 0 Å². The van der Waals surface area contributed by atoms with E-state index in [0.29, 0.717) is 24.9 Å². The summed E-state index contributed by atoms with van der Waals surface area (Å²) in [5, 5.41) is 20.2. The minimum atomic E-state index is -0.375. The maximum absolute atomic E-state index is 10.2. The van der Waals surface area contributed by atoms with Gasteiger partial charge in [0.15, 0.2) is 0 Å². The van der Waals surface area contributed by atoms with E-state index in [0.717, 1.165) is 46.7 Å². The number of nitrogens with zero attached hydrogens (tertiary/aromatic N) is 1. The number of phenols is 2. The Labute approximate surface area is 218 Å². The predicted molar refractivity (Wildman–Crippen MR) is 145 cm³/mol. The summed E-state index contributed by atoms with van der Waals surface area (Å²) in [5.74, 6) is 2.61. The molecule has 0 bridgehead atoms. The van der Waals surface area contributed by atoms with E-state index in [9.17, 15) is 10.2 Å². The number of rotatable bonds is 8. The maximum Gasteiger partial charge on any atom is 0.150 e. The lowest BCUT2D eigenvalue weighted by Crippen LogP contribution is -2.41. The van der Waals surface area contributed by atoms with E-state index in [1.54, 1.807) is 37.4 Å². The van der Waals surface area contributed by atoms with Crippen LogP contribution >= 0.6 is 0 Å². The number of hydrogen-bond acceptors (Lipinski definition) is 6. The largest absolute Gasteiger partial charge is 0.508 e. The number of likely N-dealkylation sites (tertiary alicyclic amines) is 1. The summed E-state index contributed by atoms with van der Waals surface area (Å²) < 4.78 is 18.1. The SMILES string of the molecule is COC[C@H](COc1ccc(C2Oc3ccc(O)cc3C(C)=C2c2cccc(O)c2)cc1)N1CC[C@@H](C)C1. The van der Waals surface area contributed by atoms with Gasteiger partial charge >= 0.3 is 0 Å². The number of ether oxygens (including phenoxy) is 3. The van der Waals surface area contributed by atoms with Crippen molar-refractivity contribution >= 4 is 11.1 Å². The van der Waals surface area contributed by atoms with Crippen molar-refractivity contribution < 1.29 is 24.4 Å². The monoisotopic (exact) mass is 501 g/mol. The van der Waals surface area contributed by atoms with Crippen LogP contribution in [0, 0.1) is 5.92 Å². The van der Waals surface area contributed by atoms with E-state index in [-0.39, 0.29) is 23.6 Å². The van der Waals surface area contributed by atoms with Gasteiger partial charge in [0.05, 0.1) is 12.6 Å². The fraction of sp³-hybridized carbons (Fsp3) is 0.355. The predicted octanol–water partition coefficient (Wildman–Crippen LogP) is 5.90. The smallest absolute Gasteiger partial charge is 0.150 e. The number of benzene rings is 3. The second kappa shape index (κ2) is 10.9. The number of allylic oxidation sites excluding steroid dienone is 1. The van der Waals surface area contributed by atoms with Crippen molar-refractivity contribution in [1.82, 2.24) is 4.90 Å². The van der Waals surface area contributed by atoms with E-state index >= 15 is 0 Å². The summed E-state index contributed by atoms with van der Waals surface area (Å²) in [4.78, 5) is 2.46. The Hall–Kier alpha value is -3.48. The van der Waals surface area contributed by atoms with Gasteiger partial charge in [-0.1, -0.05) is 31.2 Å². The van der Waals surface area contributed by atoms with Crippen LogP contribution in [0.2, 0.25) is 0 Å². The minimum absolute atomic E-state index is 0.187. The summed E-state index contributed by atoms with van der Waals surface area (Å²) in [7, 11) is 1.74. The second-order valence-electron chi connectivity index (χ2n) is 10.1. The molecule has 3 aromatic carbocycles. The quantitative estimate of drug-likeness (QED) is 0.401. The molecule has 6 nitrogen and oxygen atoms in total. The molecule has 0 amide bonds. The van der Waals surface area contributed by atoms with Gasteiger partial charge in [0.1, 0.15) is 35.7 Å². The summed E-state index contributed by atoms with van der Waals surface area (Å²) >= 11 is 0. The first-order valence-corrected chi connectivity index (χ1v) is 12.9.